The largest absolute Gasteiger partial charge is 1.00 e. The Morgan fingerprint density at radius 2 is 1.76 bits per heavy atom. The van der Waals surface area contributed by atoms with Gasteiger partial charge in [-0.25, -0.2) is 0 Å². The standard InChI is InChI=1S/C14H10N3O3.ClH/c15-9-11-5-7-16(8-6-11)10-14(18)12-1-3-13(4-2-12)17(19)20;/h1-8H,10H2;1H/q+1;/p-1. The van der Waals surface area contributed by atoms with Crippen molar-refractivity contribution in [1.82, 2.24) is 0 Å². The van der Waals surface area contributed by atoms with Crippen LogP contribution in [0.1, 0.15) is 15.9 Å². The highest BCUT2D eigenvalue weighted by Crippen LogP contribution is 2.12. The van der Waals surface area contributed by atoms with Gasteiger partial charge in [0.05, 0.1) is 16.6 Å². The highest BCUT2D eigenvalue weighted by Gasteiger charge is 2.13. The van der Waals surface area contributed by atoms with Crippen molar-refractivity contribution in [3.63, 3.8) is 0 Å². The number of nitro benzene ring substituents is 1. The van der Waals surface area contributed by atoms with Crippen LogP contribution in [0.25, 0.3) is 0 Å². The summed E-state index contributed by atoms with van der Waals surface area (Å²) in [6.07, 6.45) is 3.28. The molecule has 0 bridgehead atoms. The first-order chi connectivity index (χ1) is 9.60. The Kier molecular flexibility index (Phi) is 5.52. The number of rotatable bonds is 4. The van der Waals surface area contributed by atoms with Gasteiger partial charge in [-0.05, 0) is 12.1 Å². The number of pyridine rings is 1. The topological polar surface area (TPSA) is 87.9 Å². The van der Waals surface area contributed by atoms with Crippen LogP contribution in [0.2, 0.25) is 0 Å². The van der Waals surface area contributed by atoms with Crippen molar-refractivity contribution in [2.45, 2.75) is 6.54 Å². The second-order valence-corrected chi connectivity index (χ2v) is 4.10. The van der Waals surface area contributed by atoms with Crippen molar-refractivity contribution >= 4 is 11.5 Å². The molecule has 0 unspecified atom stereocenters. The summed E-state index contributed by atoms with van der Waals surface area (Å²) in [5.41, 5.74) is 0.879. The summed E-state index contributed by atoms with van der Waals surface area (Å²) in [4.78, 5) is 22.0. The Morgan fingerprint density at radius 1 is 1.19 bits per heavy atom. The number of nitro groups is 1. The van der Waals surface area contributed by atoms with Crippen LogP contribution in [0.5, 0.6) is 0 Å². The van der Waals surface area contributed by atoms with E-state index in [4.69, 9.17) is 5.26 Å². The molecule has 7 heteroatoms. The minimum atomic E-state index is -0.510. The van der Waals surface area contributed by atoms with Gasteiger partial charge in [0.2, 0.25) is 12.3 Å². The number of aromatic nitrogens is 1. The molecule has 0 N–H and O–H groups in total. The number of benzene rings is 1. The van der Waals surface area contributed by atoms with E-state index in [-0.39, 0.29) is 30.4 Å². The maximum absolute atomic E-state index is 12.0. The molecule has 0 saturated carbocycles. The molecule has 0 aliphatic heterocycles. The fraction of sp³-hybridized carbons (Fsp3) is 0.0714. The van der Waals surface area contributed by atoms with Crippen LogP contribution >= 0.6 is 0 Å². The first-order valence-corrected chi connectivity index (χ1v) is 5.77. The van der Waals surface area contributed by atoms with Crippen molar-refractivity contribution in [3.05, 3.63) is 70.0 Å². The van der Waals surface area contributed by atoms with Crippen molar-refractivity contribution < 1.29 is 26.7 Å². The van der Waals surface area contributed by atoms with E-state index in [1.165, 1.54) is 24.3 Å². The molecule has 2 aromatic rings. The minimum absolute atomic E-state index is 0. The highest BCUT2D eigenvalue weighted by molar-refractivity contribution is 5.95. The molecule has 1 aromatic heterocycles. The fourth-order valence-electron chi connectivity index (χ4n) is 1.66. The van der Waals surface area contributed by atoms with E-state index in [0.717, 1.165) is 0 Å². The third-order valence-electron chi connectivity index (χ3n) is 2.75. The van der Waals surface area contributed by atoms with Crippen LogP contribution in [0.15, 0.2) is 48.8 Å². The van der Waals surface area contributed by atoms with Crippen LogP contribution in [0, 0.1) is 21.4 Å². The third kappa shape index (κ3) is 4.09. The average Bonchev–Trinajstić information content (AvgIpc) is 2.48. The number of halogens is 1. The van der Waals surface area contributed by atoms with Gasteiger partial charge in [-0.2, -0.15) is 9.83 Å². The first kappa shape index (κ1) is 16.3. The van der Waals surface area contributed by atoms with Gasteiger partial charge in [-0.3, -0.25) is 14.9 Å². The fourth-order valence-corrected chi connectivity index (χ4v) is 1.66. The lowest BCUT2D eigenvalue weighted by Gasteiger charge is -1.98. The lowest BCUT2D eigenvalue weighted by Crippen LogP contribution is -3.00. The number of hydrogen-bond acceptors (Lipinski definition) is 4. The third-order valence-corrected chi connectivity index (χ3v) is 2.75. The van der Waals surface area contributed by atoms with Gasteiger partial charge in [-0.1, -0.05) is 0 Å². The van der Waals surface area contributed by atoms with Gasteiger partial charge in [0.15, 0.2) is 12.4 Å². The Labute approximate surface area is 126 Å². The molecule has 0 atom stereocenters. The Morgan fingerprint density at radius 3 is 2.24 bits per heavy atom. The molecule has 1 aromatic carbocycles. The van der Waals surface area contributed by atoms with Gasteiger partial charge in [0, 0.05) is 29.8 Å². The highest BCUT2D eigenvalue weighted by atomic mass is 35.5. The van der Waals surface area contributed by atoms with E-state index in [2.05, 4.69) is 0 Å². The number of nitriles is 1. The number of nitrogens with zero attached hydrogens (tertiary/aromatic N) is 3. The number of ketones is 1. The van der Waals surface area contributed by atoms with Crippen LogP contribution in [0.4, 0.5) is 5.69 Å². The van der Waals surface area contributed by atoms with E-state index in [9.17, 15) is 14.9 Å². The summed E-state index contributed by atoms with van der Waals surface area (Å²) in [6.45, 7) is 0.115. The summed E-state index contributed by atoms with van der Waals surface area (Å²) in [7, 11) is 0. The molecular weight excluding hydrogens is 294 g/mol. The van der Waals surface area contributed by atoms with Gasteiger partial charge < -0.3 is 12.4 Å². The summed E-state index contributed by atoms with van der Waals surface area (Å²) < 4.78 is 1.64. The van der Waals surface area contributed by atoms with Crippen LogP contribution in [-0.2, 0) is 6.54 Å². The Balaban J connectivity index is 0.00000220. The normalized spacial score (nSPS) is 9.29. The molecule has 21 heavy (non-hydrogen) atoms. The molecule has 2 rings (SSSR count). The predicted octanol–water partition coefficient (Wildman–Crippen LogP) is -1.36. The van der Waals surface area contributed by atoms with Crippen molar-refractivity contribution in [2.75, 3.05) is 0 Å². The van der Waals surface area contributed by atoms with Gasteiger partial charge in [0.1, 0.15) is 0 Å². The molecule has 1 heterocycles. The molecule has 0 amide bonds. The van der Waals surface area contributed by atoms with Crippen LogP contribution in [0.3, 0.4) is 0 Å². The number of non-ortho nitro benzene ring substituents is 1. The van der Waals surface area contributed by atoms with E-state index >= 15 is 0 Å². The van der Waals surface area contributed by atoms with Crippen LogP contribution < -0.4 is 17.0 Å². The Bertz CT molecular complexity index is 691. The molecule has 0 aliphatic rings. The smallest absolute Gasteiger partial charge is 0.269 e. The zero-order valence-electron chi connectivity index (χ0n) is 10.8. The molecule has 0 aliphatic carbocycles. The SMILES string of the molecule is N#Cc1cc[n+](CC(=O)c2ccc([N+](=O)[O-])cc2)cc1.[Cl-]. The van der Waals surface area contributed by atoms with Gasteiger partial charge in [-0.15, -0.1) is 0 Å². The summed E-state index contributed by atoms with van der Waals surface area (Å²) >= 11 is 0. The second-order valence-electron chi connectivity index (χ2n) is 4.10. The van der Waals surface area contributed by atoms with E-state index < -0.39 is 4.92 Å². The molecule has 106 valence electrons. The Hall–Kier alpha value is -2.78. The van der Waals surface area contributed by atoms with Crippen molar-refractivity contribution in [3.8, 4) is 6.07 Å². The molecule has 0 radical (unpaired) electrons. The molecule has 0 spiro atoms. The quantitative estimate of drug-likeness (QED) is 0.302. The first-order valence-electron chi connectivity index (χ1n) is 5.77. The van der Waals surface area contributed by atoms with Crippen molar-refractivity contribution in [2.24, 2.45) is 0 Å². The number of carbonyl (C=O) groups excluding carboxylic acids is 1. The second kappa shape index (κ2) is 7.12. The zero-order valence-corrected chi connectivity index (χ0v) is 11.5. The lowest BCUT2D eigenvalue weighted by molar-refractivity contribution is -0.683. The summed E-state index contributed by atoms with van der Waals surface area (Å²) in [6, 6.07) is 10.7. The molecule has 6 nitrogen and oxygen atoms in total. The van der Waals surface area contributed by atoms with E-state index in [1.54, 1.807) is 29.1 Å². The lowest BCUT2D eigenvalue weighted by atomic mass is 10.1. The maximum Gasteiger partial charge on any atom is 0.269 e. The average molecular weight is 304 g/mol. The molecule has 0 saturated heterocycles. The van der Waals surface area contributed by atoms with Crippen LogP contribution in [-0.4, -0.2) is 10.7 Å². The van der Waals surface area contributed by atoms with Gasteiger partial charge in [0.25, 0.3) is 5.69 Å². The summed E-state index contributed by atoms with van der Waals surface area (Å²) in [5, 5.41) is 19.2. The van der Waals surface area contributed by atoms with Crippen molar-refractivity contribution in [1.29, 1.82) is 5.26 Å². The number of hydrogen-bond donors (Lipinski definition) is 0. The van der Waals surface area contributed by atoms with E-state index in [0.29, 0.717) is 11.1 Å². The van der Waals surface area contributed by atoms with E-state index in [1.807, 2.05) is 6.07 Å². The monoisotopic (exact) mass is 303 g/mol. The van der Waals surface area contributed by atoms with Gasteiger partial charge >= 0.3 is 0 Å². The molecular formula is C14H10ClN3O3. The maximum atomic E-state index is 12.0. The zero-order chi connectivity index (χ0) is 14.5. The summed E-state index contributed by atoms with van der Waals surface area (Å²) in [5.74, 6) is -0.158. The minimum Gasteiger partial charge on any atom is -1.00 e. The number of Topliss-reactive ketones (excluding diaryl/α,β-unsaturated/α-hetero) is 1. The number of carbonyl (C=O) groups is 1. The predicted molar refractivity (Wildman–Crippen MR) is 68.8 cm³/mol. The molecule has 0 fully saturated rings.